The lowest BCUT2D eigenvalue weighted by molar-refractivity contribution is 0.0147. The number of hydrogen-bond donors (Lipinski definition) is 1. The van der Waals surface area contributed by atoms with E-state index in [2.05, 4.69) is 12.2 Å². The van der Waals surface area contributed by atoms with Crippen LogP contribution in [0, 0.1) is 0 Å². The topological polar surface area (TPSA) is 21.3 Å². The molecule has 0 radical (unpaired) electrons. The van der Waals surface area contributed by atoms with Gasteiger partial charge in [0.1, 0.15) is 0 Å². The molecule has 2 nitrogen and oxygen atoms in total. The molecule has 1 aliphatic rings. The predicted molar refractivity (Wildman–Crippen MR) is 71.8 cm³/mol. The minimum Gasteiger partial charge on any atom is -0.381 e. The van der Waals surface area contributed by atoms with E-state index in [0.717, 1.165) is 28.5 Å². The second-order valence-electron chi connectivity index (χ2n) is 4.58. The Labute approximate surface area is 112 Å². The van der Waals surface area contributed by atoms with Gasteiger partial charge in [0.15, 0.2) is 0 Å². The van der Waals surface area contributed by atoms with Crippen LogP contribution >= 0.6 is 23.2 Å². The monoisotopic (exact) mass is 273 g/mol. The molecule has 1 fully saturated rings. The van der Waals surface area contributed by atoms with Crippen LogP contribution in [0.25, 0.3) is 0 Å². The van der Waals surface area contributed by atoms with Gasteiger partial charge in [0.05, 0.1) is 6.10 Å². The zero-order chi connectivity index (χ0) is 12.4. The average Bonchev–Trinajstić information content (AvgIpc) is 2.25. The first-order valence-electron chi connectivity index (χ1n) is 5.84. The van der Waals surface area contributed by atoms with E-state index >= 15 is 0 Å². The molecule has 1 atom stereocenters. The molecule has 2 rings (SSSR count). The molecule has 1 aromatic carbocycles. The quantitative estimate of drug-likeness (QED) is 0.901. The lowest BCUT2D eigenvalue weighted by atomic mass is 9.88. The van der Waals surface area contributed by atoms with Gasteiger partial charge in [0.25, 0.3) is 0 Å². The standard InChI is InChI=1S/C13H17Cl2NO/c1-8(16-10-6-11(7-10)17-2)12-5-9(14)3-4-13(12)15/h3-5,8,10-11,16H,6-7H2,1-2H3. The molecule has 94 valence electrons. The predicted octanol–water partition coefficient (Wildman–Crippen LogP) is 3.82. The van der Waals surface area contributed by atoms with Gasteiger partial charge in [-0.1, -0.05) is 23.2 Å². The van der Waals surface area contributed by atoms with Crippen LogP contribution in [-0.4, -0.2) is 19.3 Å². The molecule has 1 saturated carbocycles. The van der Waals surface area contributed by atoms with Gasteiger partial charge in [-0.3, -0.25) is 0 Å². The molecule has 0 spiro atoms. The Balaban J connectivity index is 1.95. The van der Waals surface area contributed by atoms with Gasteiger partial charge < -0.3 is 10.1 Å². The largest absolute Gasteiger partial charge is 0.381 e. The van der Waals surface area contributed by atoms with Crippen LogP contribution in [0.3, 0.4) is 0 Å². The third-order valence-electron chi connectivity index (χ3n) is 3.34. The Morgan fingerprint density at radius 2 is 2.06 bits per heavy atom. The zero-order valence-corrected chi connectivity index (χ0v) is 11.6. The van der Waals surface area contributed by atoms with Gasteiger partial charge in [-0.15, -0.1) is 0 Å². The summed E-state index contributed by atoms with van der Waals surface area (Å²) in [5.41, 5.74) is 1.06. The zero-order valence-electron chi connectivity index (χ0n) is 10.0. The Kier molecular flexibility index (Phi) is 4.31. The molecule has 1 unspecified atom stereocenters. The van der Waals surface area contributed by atoms with Crippen molar-refractivity contribution in [2.24, 2.45) is 0 Å². The van der Waals surface area contributed by atoms with Crippen molar-refractivity contribution in [1.29, 1.82) is 0 Å². The maximum absolute atomic E-state index is 6.17. The lowest BCUT2D eigenvalue weighted by Gasteiger charge is -2.37. The van der Waals surface area contributed by atoms with E-state index in [1.165, 1.54) is 0 Å². The highest BCUT2D eigenvalue weighted by molar-refractivity contribution is 6.33. The van der Waals surface area contributed by atoms with Gasteiger partial charge >= 0.3 is 0 Å². The molecule has 1 aromatic rings. The molecular weight excluding hydrogens is 257 g/mol. The van der Waals surface area contributed by atoms with Crippen LogP contribution in [0.5, 0.6) is 0 Å². The van der Waals surface area contributed by atoms with Gasteiger partial charge in [-0.2, -0.15) is 0 Å². The fourth-order valence-corrected chi connectivity index (χ4v) is 2.65. The third-order valence-corrected chi connectivity index (χ3v) is 3.92. The van der Waals surface area contributed by atoms with Crippen molar-refractivity contribution in [2.45, 2.75) is 38.0 Å². The van der Waals surface area contributed by atoms with E-state index in [1.807, 2.05) is 18.2 Å². The van der Waals surface area contributed by atoms with Crippen LogP contribution in [-0.2, 0) is 4.74 Å². The van der Waals surface area contributed by atoms with Crippen molar-refractivity contribution in [1.82, 2.24) is 5.32 Å². The Morgan fingerprint density at radius 3 is 2.71 bits per heavy atom. The highest BCUT2D eigenvalue weighted by Gasteiger charge is 2.30. The number of rotatable bonds is 4. The maximum Gasteiger partial charge on any atom is 0.0601 e. The fourth-order valence-electron chi connectivity index (χ4n) is 2.18. The molecule has 0 saturated heterocycles. The van der Waals surface area contributed by atoms with Crippen molar-refractivity contribution < 1.29 is 4.74 Å². The molecule has 17 heavy (non-hydrogen) atoms. The molecule has 4 heteroatoms. The molecule has 1 aliphatic carbocycles. The van der Waals surface area contributed by atoms with Crippen molar-refractivity contribution in [2.75, 3.05) is 7.11 Å². The first-order chi connectivity index (χ1) is 8.10. The van der Waals surface area contributed by atoms with Crippen molar-refractivity contribution in [3.05, 3.63) is 33.8 Å². The van der Waals surface area contributed by atoms with Crippen LogP contribution in [0.2, 0.25) is 10.0 Å². The normalized spacial score (nSPS) is 25.4. The number of nitrogens with one attached hydrogen (secondary N) is 1. The summed E-state index contributed by atoms with van der Waals surface area (Å²) in [6, 6.07) is 6.31. The van der Waals surface area contributed by atoms with Crippen LogP contribution in [0.1, 0.15) is 31.4 Å². The minimum absolute atomic E-state index is 0.212. The molecule has 0 amide bonds. The number of halogens is 2. The Hall–Kier alpha value is -0.280. The summed E-state index contributed by atoms with van der Waals surface area (Å²) in [6.45, 7) is 2.11. The third kappa shape index (κ3) is 3.14. The fraction of sp³-hybridized carbons (Fsp3) is 0.538. The van der Waals surface area contributed by atoms with Crippen LogP contribution in [0.4, 0.5) is 0 Å². The van der Waals surface area contributed by atoms with E-state index in [1.54, 1.807) is 7.11 Å². The first kappa shape index (κ1) is 13.2. The second kappa shape index (κ2) is 5.57. The number of benzene rings is 1. The van der Waals surface area contributed by atoms with Crippen LogP contribution in [0.15, 0.2) is 18.2 Å². The molecule has 0 heterocycles. The van der Waals surface area contributed by atoms with Gasteiger partial charge in [0.2, 0.25) is 0 Å². The highest BCUT2D eigenvalue weighted by atomic mass is 35.5. The molecule has 0 aromatic heterocycles. The summed E-state index contributed by atoms with van der Waals surface area (Å²) in [6.07, 6.45) is 2.55. The molecular formula is C13H17Cl2NO. The Morgan fingerprint density at radius 1 is 1.35 bits per heavy atom. The number of ether oxygens (including phenoxy) is 1. The minimum atomic E-state index is 0.212. The lowest BCUT2D eigenvalue weighted by Crippen LogP contribution is -2.45. The number of hydrogen-bond acceptors (Lipinski definition) is 2. The van der Waals surface area contributed by atoms with E-state index in [0.29, 0.717) is 12.1 Å². The summed E-state index contributed by atoms with van der Waals surface area (Å²) in [5, 5.41) is 5.03. The highest BCUT2D eigenvalue weighted by Crippen LogP contribution is 2.29. The molecule has 0 aliphatic heterocycles. The van der Waals surface area contributed by atoms with Crippen molar-refractivity contribution in [3.8, 4) is 0 Å². The van der Waals surface area contributed by atoms with Crippen molar-refractivity contribution >= 4 is 23.2 Å². The smallest absolute Gasteiger partial charge is 0.0601 e. The summed E-state index contributed by atoms with van der Waals surface area (Å²) in [5.74, 6) is 0. The van der Waals surface area contributed by atoms with Crippen LogP contribution < -0.4 is 5.32 Å². The van der Waals surface area contributed by atoms with Gasteiger partial charge in [0, 0.05) is 29.2 Å². The van der Waals surface area contributed by atoms with E-state index in [4.69, 9.17) is 27.9 Å². The summed E-state index contributed by atoms with van der Waals surface area (Å²) < 4.78 is 5.26. The van der Waals surface area contributed by atoms with E-state index < -0.39 is 0 Å². The summed E-state index contributed by atoms with van der Waals surface area (Å²) >= 11 is 12.2. The summed E-state index contributed by atoms with van der Waals surface area (Å²) in [4.78, 5) is 0. The summed E-state index contributed by atoms with van der Waals surface area (Å²) in [7, 11) is 1.76. The van der Waals surface area contributed by atoms with Gasteiger partial charge in [-0.25, -0.2) is 0 Å². The SMILES string of the molecule is COC1CC(NC(C)c2cc(Cl)ccc2Cl)C1. The molecule has 1 N–H and O–H groups in total. The Bertz CT molecular complexity index is 391. The average molecular weight is 274 g/mol. The van der Waals surface area contributed by atoms with Crippen molar-refractivity contribution in [3.63, 3.8) is 0 Å². The van der Waals surface area contributed by atoms with E-state index in [9.17, 15) is 0 Å². The number of methoxy groups -OCH3 is 1. The van der Waals surface area contributed by atoms with E-state index in [-0.39, 0.29) is 6.04 Å². The van der Waals surface area contributed by atoms with Gasteiger partial charge in [-0.05, 0) is 43.5 Å². The first-order valence-corrected chi connectivity index (χ1v) is 6.59. The maximum atomic E-state index is 6.17. The molecule has 0 bridgehead atoms. The second-order valence-corrected chi connectivity index (χ2v) is 5.42.